The van der Waals surface area contributed by atoms with Gasteiger partial charge in [0.25, 0.3) is 15.9 Å². The monoisotopic (exact) mass is 402 g/mol. The summed E-state index contributed by atoms with van der Waals surface area (Å²) in [6, 6.07) is 16.6. The smallest absolute Gasteiger partial charge is 0.262 e. The summed E-state index contributed by atoms with van der Waals surface area (Å²) in [6.07, 6.45) is 4.05. The van der Waals surface area contributed by atoms with Crippen molar-refractivity contribution in [3.63, 3.8) is 0 Å². The second-order valence-corrected chi connectivity index (χ2v) is 8.79. The average Bonchev–Trinajstić information content (AvgIpc) is 2.73. The molecule has 2 aromatic carbocycles. The van der Waals surface area contributed by atoms with E-state index in [0.717, 1.165) is 25.7 Å². The van der Waals surface area contributed by atoms with Gasteiger partial charge in [0.05, 0.1) is 12.0 Å². The van der Waals surface area contributed by atoms with Crippen molar-refractivity contribution >= 4 is 15.9 Å². The van der Waals surface area contributed by atoms with Gasteiger partial charge in [-0.15, -0.1) is 0 Å². The molecule has 0 bridgehead atoms. The number of hydrogen-bond donors (Lipinski definition) is 1. The summed E-state index contributed by atoms with van der Waals surface area (Å²) in [4.78, 5) is 21.1. The van der Waals surface area contributed by atoms with Crippen molar-refractivity contribution in [2.75, 3.05) is 14.2 Å². The standard InChI is InChI=1S/C21H26N2O4S/c1-23(19-12-8-17(9-13-19)16-6-4-3-5-7-16)21(24)18-10-14-20(15-11-18)28(25,26)22-27-2/h3-7,10-11,14-15,17,19,22H,8-9,12-13H2,1-2H3. The largest absolute Gasteiger partial charge is 0.339 e. The van der Waals surface area contributed by atoms with Crippen LogP contribution in [0.2, 0.25) is 0 Å². The van der Waals surface area contributed by atoms with Crippen LogP contribution in [0.25, 0.3) is 0 Å². The second kappa shape index (κ2) is 8.86. The molecular formula is C21H26N2O4S. The minimum Gasteiger partial charge on any atom is -0.339 e. The van der Waals surface area contributed by atoms with E-state index in [0.29, 0.717) is 11.5 Å². The molecule has 1 aliphatic carbocycles. The van der Waals surface area contributed by atoms with Crippen LogP contribution in [0.1, 0.15) is 47.5 Å². The number of rotatable bonds is 6. The Morgan fingerprint density at radius 3 is 2.18 bits per heavy atom. The van der Waals surface area contributed by atoms with Crippen LogP contribution in [0, 0.1) is 0 Å². The van der Waals surface area contributed by atoms with Gasteiger partial charge in [-0.2, -0.15) is 0 Å². The van der Waals surface area contributed by atoms with E-state index in [4.69, 9.17) is 0 Å². The van der Waals surface area contributed by atoms with Crippen molar-refractivity contribution in [1.82, 2.24) is 9.79 Å². The molecule has 0 aromatic heterocycles. The Balaban J connectivity index is 1.62. The third kappa shape index (κ3) is 4.60. The Hall–Kier alpha value is -2.22. The second-order valence-electron chi connectivity index (χ2n) is 7.15. The van der Waals surface area contributed by atoms with Crippen LogP contribution in [0.15, 0.2) is 59.5 Å². The van der Waals surface area contributed by atoms with E-state index in [-0.39, 0.29) is 16.8 Å². The molecule has 150 valence electrons. The molecule has 0 spiro atoms. The Kier molecular flexibility index (Phi) is 6.49. The minimum absolute atomic E-state index is 0.0527. The van der Waals surface area contributed by atoms with E-state index in [2.05, 4.69) is 29.1 Å². The lowest BCUT2D eigenvalue weighted by molar-refractivity contribution is 0.0689. The van der Waals surface area contributed by atoms with Crippen LogP contribution in [0.5, 0.6) is 0 Å². The molecule has 1 N–H and O–H groups in total. The molecular weight excluding hydrogens is 376 g/mol. The summed E-state index contributed by atoms with van der Waals surface area (Å²) < 4.78 is 23.8. The van der Waals surface area contributed by atoms with Crippen LogP contribution in [0.4, 0.5) is 0 Å². The van der Waals surface area contributed by atoms with E-state index in [1.807, 2.05) is 18.0 Å². The first-order valence-corrected chi connectivity index (χ1v) is 10.9. The van der Waals surface area contributed by atoms with Gasteiger partial charge < -0.3 is 4.90 Å². The maximum absolute atomic E-state index is 12.8. The molecule has 0 heterocycles. The van der Waals surface area contributed by atoms with E-state index >= 15 is 0 Å². The highest BCUT2D eigenvalue weighted by Crippen LogP contribution is 2.34. The fraction of sp³-hybridized carbons (Fsp3) is 0.381. The molecule has 0 aliphatic heterocycles. The molecule has 6 nitrogen and oxygen atoms in total. The Bertz CT molecular complexity index is 890. The molecule has 28 heavy (non-hydrogen) atoms. The lowest BCUT2D eigenvalue weighted by atomic mass is 9.81. The van der Waals surface area contributed by atoms with Crippen molar-refractivity contribution < 1.29 is 18.0 Å². The molecule has 7 heteroatoms. The van der Waals surface area contributed by atoms with E-state index in [1.54, 1.807) is 17.0 Å². The predicted molar refractivity (Wildman–Crippen MR) is 107 cm³/mol. The molecule has 1 aliphatic rings. The number of sulfonamides is 1. The van der Waals surface area contributed by atoms with Crippen LogP contribution < -0.4 is 4.89 Å². The molecule has 0 saturated heterocycles. The Labute approximate surface area is 166 Å². The normalized spacial score (nSPS) is 19.9. The van der Waals surface area contributed by atoms with Gasteiger partial charge in [0.15, 0.2) is 0 Å². The van der Waals surface area contributed by atoms with Gasteiger partial charge in [-0.25, -0.2) is 8.42 Å². The van der Waals surface area contributed by atoms with Gasteiger partial charge in [0, 0.05) is 18.7 Å². The molecule has 2 aromatic rings. The number of carbonyl (C=O) groups excluding carboxylic acids is 1. The molecule has 0 unspecified atom stereocenters. The van der Waals surface area contributed by atoms with E-state index in [1.165, 1.54) is 24.8 Å². The maximum atomic E-state index is 12.8. The molecule has 0 atom stereocenters. The van der Waals surface area contributed by atoms with Gasteiger partial charge in [0.2, 0.25) is 0 Å². The van der Waals surface area contributed by atoms with E-state index in [9.17, 15) is 13.2 Å². The molecule has 1 amide bonds. The quantitative estimate of drug-likeness (QED) is 0.752. The summed E-state index contributed by atoms with van der Waals surface area (Å²) in [6.45, 7) is 0. The lowest BCUT2D eigenvalue weighted by Gasteiger charge is -2.35. The first kappa shape index (κ1) is 20.5. The van der Waals surface area contributed by atoms with Crippen molar-refractivity contribution in [2.45, 2.75) is 42.5 Å². The van der Waals surface area contributed by atoms with Crippen LogP contribution in [-0.4, -0.2) is 39.4 Å². The fourth-order valence-corrected chi connectivity index (χ4v) is 4.64. The highest BCUT2D eigenvalue weighted by molar-refractivity contribution is 7.89. The van der Waals surface area contributed by atoms with E-state index < -0.39 is 10.0 Å². The zero-order valence-corrected chi connectivity index (χ0v) is 17.0. The molecule has 1 saturated carbocycles. The SMILES string of the molecule is CONS(=O)(=O)c1ccc(C(=O)N(C)C2CCC(c3ccccc3)CC2)cc1. The highest BCUT2D eigenvalue weighted by atomic mass is 32.2. The van der Waals surface area contributed by atoms with Crippen molar-refractivity contribution in [1.29, 1.82) is 0 Å². The zero-order chi connectivity index (χ0) is 20.1. The van der Waals surface area contributed by atoms with Crippen LogP contribution in [0.3, 0.4) is 0 Å². The summed E-state index contributed by atoms with van der Waals surface area (Å²) in [7, 11) is -0.664. The molecule has 1 fully saturated rings. The van der Waals surface area contributed by atoms with Crippen molar-refractivity contribution in [3.8, 4) is 0 Å². The lowest BCUT2D eigenvalue weighted by Crippen LogP contribution is -2.39. The molecule has 3 rings (SSSR count). The topological polar surface area (TPSA) is 75.7 Å². The summed E-state index contributed by atoms with van der Waals surface area (Å²) >= 11 is 0. The summed E-state index contributed by atoms with van der Waals surface area (Å²) in [5.74, 6) is 0.463. The predicted octanol–water partition coefficient (Wildman–Crippen LogP) is 3.32. The van der Waals surface area contributed by atoms with Gasteiger partial charge in [-0.05, 0) is 61.4 Å². The van der Waals surface area contributed by atoms with Crippen LogP contribution >= 0.6 is 0 Å². The Morgan fingerprint density at radius 2 is 1.61 bits per heavy atom. The summed E-state index contributed by atoms with van der Waals surface area (Å²) in [5, 5.41) is 0. The average molecular weight is 403 g/mol. The Morgan fingerprint density at radius 1 is 1.00 bits per heavy atom. The fourth-order valence-electron chi connectivity index (χ4n) is 3.83. The number of nitrogens with zero attached hydrogens (tertiary/aromatic N) is 1. The first-order chi connectivity index (χ1) is 13.4. The van der Waals surface area contributed by atoms with Crippen molar-refractivity contribution in [3.05, 3.63) is 65.7 Å². The third-order valence-corrected chi connectivity index (χ3v) is 6.72. The van der Waals surface area contributed by atoms with Crippen LogP contribution in [-0.2, 0) is 14.9 Å². The summed E-state index contributed by atoms with van der Waals surface area (Å²) in [5.41, 5.74) is 1.85. The van der Waals surface area contributed by atoms with Crippen molar-refractivity contribution in [2.24, 2.45) is 0 Å². The number of benzene rings is 2. The molecule has 0 radical (unpaired) electrons. The first-order valence-electron chi connectivity index (χ1n) is 9.39. The number of amides is 1. The number of carbonyl (C=O) groups is 1. The zero-order valence-electron chi connectivity index (χ0n) is 16.2. The number of hydrogen-bond acceptors (Lipinski definition) is 4. The van der Waals surface area contributed by atoms with Gasteiger partial charge in [-0.1, -0.05) is 35.2 Å². The van der Waals surface area contributed by atoms with Gasteiger partial charge >= 0.3 is 0 Å². The van der Waals surface area contributed by atoms with Gasteiger partial charge in [-0.3, -0.25) is 9.63 Å². The third-order valence-electron chi connectivity index (χ3n) is 5.44. The number of nitrogens with one attached hydrogen (secondary N) is 1. The van der Waals surface area contributed by atoms with Gasteiger partial charge in [0.1, 0.15) is 0 Å². The maximum Gasteiger partial charge on any atom is 0.262 e. The minimum atomic E-state index is -3.72. The highest BCUT2D eigenvalue weighted by Gasteiger charge is 2.28.